The van der Waals surface area contributed by atoms with E-state index in [1.54, 1.807) is 6.07 Å². The van der Waals surface area contributed by atoms with Crippen molar-refractivity contribution in [2.45, 2.75) is 19.9 Å². The maximum absolute atomic E-state index is 12.8. The summed E-state index contributed by atoms with van der Waals surface area (Å²) in [6, 6.07) is 5.87. The lowest BCUT2D eigenvalue weighted by molar-refractivity contribution is 0.512. The van der Waals surface area contributed by atoms with Crippen LogP contribution in [0.1, 0.15) is 31.0 Å². The summed E-state index contributed by atoms with van der Waals surface area (Å²) in [6.45, 7) is 3.93. The van der Waals surface area contributed by atoms with Gasteiger partial charge in [-0.25, -0.2) is 4.39 Å². The van der Waals surface area contributed by atoms with Gasteiger partial charge < -0.3 is 5.73 Å². The van der Waals surface area contributed by atoms with E-state index >= 15 is 0 Å². The third kappa shape index (κ3) is 2.09. The van der Waals surface area contributed by atoms with Gasteiger partial charge in [0.05, 0.1) is 11.6 Å². The normalized spacial score (nSPS) is 12.6. The Kier molecular flexibility index (Phi) is 3.21. The molecule has 2 N–H and O–H groups in total. The van der Waals surface area contributed by atoms with Gasteiger partial charge in [-0.2, -0.15) is 5.26 Å². The second-order valence-electron chi connectivity index (χ2n) is 3.61. The molecule has 14 heavy (non-hydrogen) atoms. The average Bonchev–Trinajstić information content (AvgIpc) is 2.16. The molecule has 0 aliphatic rings. The van der Waals surface area contributed by atoms with Gasteiger partial charge in [0.15, 0.2) is 0 Å². The molecular formula is C11H13FN2. The zero-order chi connectivity index (χ0) is 10.7. The molecule has 3 heteroatoms. The fourth-order valence-electron chi connectivity index (χ4n) is 1.28. The van der Waals surface area contributed by atoms with Crippen LogP contribution in [0.3, 0.4) is 0 Å². The third-order valence-corrected chi connectivity index (χ3v) is 2.21. The second-order valence-corrected chi connectivity index (χ2v) is 3.61. The first kappa shape index (κ1) is 10.7. The molecule has 0 aliphatic heterocycles. The number of nitrogens with two attached hydrogens (primary N) is 1. The highest BCUT2D eigenvalue weighted by molar-refractivity contribution is 5.39. The molecule has 0 bridgehead atoms. The van der Waals surface area contributed by atoms with Crippen LogP contribution in [0.25, 0.3) is 0 Å². The fourth-order valence-corrected chi connectivity index (χ4v) is 1.28. The minimum absolute atomic E-state index is 0.217. The molecule has 74 valence electrons. The summed E-state index contributed by atoms with van der Waals surface area (Å²) in [7, 11) is 0. The molecule has 1 atom stereocenters. The van der Waals surface area contributed by atoms with Crippen LogP contribution in [0.15, 0.2) is 18.2 Å². The molecule has 0 amide bonds. The Morgan fingerprint density at radius 1 is 1.43 bits per heavy atom. The van der Waals surface area contributed by atoms with Crippen LogP contribution in [0.5, 0.6) is 0 Å². The Morgan fingerprint density at radius 3 is 2.57 bits per heavy atom. The monoisotopic (exact) mass is 192 g/mol. The minimum atomic E-state index is -0.402. The van der Waals surface area contributed by atoms with Gasteiger partial charge in [-0.15, -0.1) is 0 Å². The Bertz CT molecular complexity index is 366. The predicted molar refractivity (Wildman–Crippen MR) is 52.9 cm³/mol. The molecule has 0 aliphatic carbocycles. The zero-order valence-corrected chi connectivity index (χ0v) is 8.29. The minimum Gasteiger partial charge on any atom is -0.324 e. The van der Waals surface area contributed by atoms with Gasteiger partial charge in [-0.05, 0) is 23.6 Å². The van der Waals surface area contributed by atoms with Crippen LogP contribution in [0.2, 0.25) is 0 Å². The molecule has 0 saturated heterocycles. The van der Waals surface area contributed by atoms with Gasteiger partial charge in [0.2, 0.25) is 0 Å². The molecule has 0 aromatic heterocycles. The third-order valence-electron chi connectivity index (χ3n) is 2.21. The van der Waals surface area contributed by atoms with Gasteiger partial charge in [-0.1, -0.05) is 19.9 Å². The molecule has 0 fully saturated rings. The summed E-state index contributed by atoms with van der Waals surface area (Å²) < 4.78 is 12.8. The maximum Gasteiger partial charge on any atom is 0.124 e. The van der Waals surface area contributed by atoms with E-state index in [1.807, 2.05) is 19.9 Å². The van der Waals surface area contributed by atoms with Crippen molar-refractivity contribution in [2.24, 2.45) is 11.7 Å². The molecule has 0 heterocycles. The Balaban J connectivity index is 3.16. The quantitative estimate of drug-likeness (QED) is 0.781. The fraction of sp³-hybridized carbons (Fsp3) is 0.364. The van der Waals surface area contributed by atoms with Crippen molar-refractivity contribution < 1.29 is 4.39 Å². The molecule has 1 aromatic carbocycles. The molecule has 1 rings (SSSR count). The summed E-state index contributed by atoms with van der Waals surface area (Å²) >= 11 is 0. The molecule has 0 spiro atoms. The van der Waals surface area contributed by atoms with Gasteiger partial charge >= 0.3 is 0 Å². The maximum atomic E-state index is 12.8. The van der Waals surface area contributed by atoms with Crippen molar-refractivity contribution in [1.29, 1.82) is 5.26 Å². The summed E-state index contributed by atoms with van der Waals surface area (Å²) in [5, 5.41) is 8.80. The number of nitriles is 1. The number of rotatable bonds is 2. The van der Waals surface area contributed by atoms with E-state index in [0.29, 0.717) is 11.1 Å². The summed E-state index contributed by atoms with van der Waals surface area (Å²) in [5.74, 6) is -0.172. The summed E-state index contributed by atoms with van der Waals surface area (Å²) in [6.07, 6.45) is 0. The lowest BCUT2D eigenvalue weighted by atomic mass is 9.93. The lowest BCUT2D eigenvalue weighted by Gasteiger charge is -2.17. The number of benzene rings is 1. The van der Waals surface area contributed by atoms with Gasteiger partial charge in [0.1, 0.15) is 5.82 Å². The van der Waals surface area contributed by atoms with Crippen molar-refractivity contribution in [3.63, 3.8) is 0 Å². The predicted octanol–water partition coefficient (Wildman–Crippen LogP) is 2.35. The Morgan fingerprint density at radius 2 is 2.07 bits per heavy atom. The largest absolute Gasteiger partial charge is 0.324 e. The first-order valence-electron chi connectivity index (χ1n) is 4.51. The van der Waals surface area contributed by atoms with E-state index in [1.165, 1.54) is 12.1 Å². The van der Waals surface area contributed by atoms with Crippen LogP contribution in [-0.2, 0) is 0 Å². The van der Waals surface area contributed by atoms with Crippen LogP contribution in [0.4, 0.5) is 4.39 Å². The van der Waals surface area contributed by atoms with Crippen LogP contribution >= 0.6 is 0 Å². The highest BCUT2D eigenvalue weighted by Gasteiger charge is 2.14. The van der Waals surface area contributed by atoms with E-state index in [-0.39, 0.29) is 12.0 Å². The first-order valence-corrected chi connectivity index (χ1v) is 4.51. The van der Waals surface area contributed by atoms with E-state index in [2.05, 4.69) is 0 Å². The highest BCUT2D eigenvalue weighted by Crippen LogP contribution is 2.22. The van der Waals surface area contributed by atoms with Crippen LogP contribution in [0, 0.1) is 23.1 Å². The second kappa shape index (κ2) is 4.21. The number of hydrogen-bond donors (Lipinski definition) is 1. The van der Waals surface area contributed by atoms with E-state index in [9.17, 15) is 4.39 Å². The van der Waals surface area contributed by atoms with E-state index < -0.39 is 5.82 Å². The molecule has 0 unspecified atom stereocenters. The summed E-state index contributed by atoms with van der Waals surface area (Å²) in [5.41, 5.74) is 6.93. The topological polar surface area (TPSA) is 49.8 Å². The molecule has 0 saturated carbocycles. The summed E-state index contributed by atoms with van der Waals surface area (Å²) in [4.78, 5) is 0. The van der Waals surface area contributed by atoms with Crippen molar-refractivity contribution in [3.05, 3.63) is 35.1 Å². The number of hydrogen-bond acceptors (Lipinski definition) is 2. The standard InChI is InChI=1S/C11H13FN2/c1-7(2)11(14)10-4-3-9(12)5-8(10)6-13/h3-5,7,11H,14H2,1-2H3/t11-/m0/s1. The van der Waals surface area contributed by atoms with Crippen LogP contribution < -0.4 is 5.73 Å². The van der Waals surface area contributed by atoms with Gasteiger partial charge in [0, 0.05) is 6.04 Å². The average molecular weight is 192 g/mol. The molecular weight excluding hydrogens is 179 g/mol. The van der Waals surface area contributed by atoms with E-state index in [0.717, 1.165) is 0 Å². The van der Waals surface area contributed by atoms with Gasteiger partial charge in [0.25, 0.3) is 0 Å². The lowest BCUT2D eigenvalue weighted by Crippen LogP contribution is -2.18. The molecule has 1 aromatic rings. The SMILES string of the molecule is CC(C)[C@H](N)c1ccc(F)cc1C#N. The van der Waals surface area contributed by atoms with E-state index in [4.69, 9.17) is 11.0 Å². The number of halogens is 1. The zero-order valence-electron chi connectivity index (χ0n) is 8.29. The van der Waals surface area contributed by atoms with Crippen molar-refractivity contribution in [2.75, 3.05) is 0 Å². The van der Waals surface area contributed by atoms with Crippen LogP contribution in [-0.4, -0.2) is 0 Å². The van der Waals surface area contributed by atoms with Crippen molar-refractivity contribution >= 4 is 0 Å². The molecule has 0 radical (unpaired) electrons. The van der Waals surface area contributed by atoms with Gasteiger partial charge in [-0.3, -0.25) is 0 Å². The molecule has 2 nitrogen and oxygen atoms in total. The van der Waals surface area contributed by atoms with Crippen molar-refractivity contribution in [3.8, 4) is 6.07 Å². The van der Waals surface area contributed by atoms with Crippen molar-refractivity contribution in [1.82, 2.24) is 0 Å². The Labute approximate surface area is 83.2 Å². The first-order chi connectivity index (χ1) is 6.56. The number of nitrogens with zero attached hydrogens (tertiary/aromatic N) is 1. The highest BCUT2D eigenvalue weighted by atomic mass is 19.1. The Hall–Kier alpha value is -1.40. The smallest absolute Gasteiger partial charge is 0.124 e.